The lowest BCUT2D eigenvalue weighted by molar-refractivity contribution is 0.0770. The van der Waals surface area contributed by atoms with Crippen molar-refractivity contribution in [3.05, 3.63) is 28.2 Å². The van der Waals surface area contributed by atoms with E-state index in [1.165, 1.54) is 0 Å². The Balaban J connectivity index is 2.08. The SMILES string of the molecule is CC(C)OCCCNCCOc1c(Cl)cccc1Cl. The summed E-state index contributed by atoms with van der Waals surface area (Å²) in [5, 5.41) is 4.36. The third-order valence-corrected chi connectivity index (χ3v) is 2.99. The Hall–Kier alpha value is -0.480. The summed E-state index contributed by atoms with van der Waals surface area (Å²) < 4.78 is 11.0. The topological polar surface area (TPSA) is 30.5 Å². The first kappa shape index (κ1) is 16.6. The first-order valence-corrected chi connectivity index (χ1v) is 7.26. The number of rotatable bonds is 9. The van der Waals surface area contributed by atoms with Gasteiger partial charge in [-0.3, -0.25) is 0 Å². The Bertz CT molecular complexity index is 352. The molecule has 5 heteroatoms. The molecule has 0 heterocycles. The van der Waals surface area contributed by atoms with Crippen molar-refractivity contribution in [1.29, 1.82) is 0 Å². The largest absolute Gasteiger partial charge is 0.489 e. The minimum atomic E-state index is 0.297. The molecular formula is C14H21Cl2NO2. The fraction of sp³-hybridized carbons (Fsp3) is 0.571. The van der Waals surface area contributed by atoms with Crippen LogP contribution in [0.4, 0.5) is 0 Å². The number of hydrogen-bond donors (Lipinski definition) is 1. The molecule has 1 rings (SSSR count). The zero-order chi connectivity index (χ0) is 14.1. The highest BCUT2D eigenvalue weighted by Crippen LogP contribution is 2.32. The second-order valence-corrected chi connectivity index (χ2v) is 5.24. The lowest BCUT2D eigenvalue weighted by atomic mass is 10.3. The Labute approximate surface area is 125 Å². The molecule has 0 aliphatic carbocycles. The standard InChI is InChI=1S/C14H21Cl2NO2/c1-11(2)18-9-4-7-17-8-10-19-14-12(15)5-3-6-13(14)16/h3,5-6,11,17H,4,7-10H2,1-2H3. The third kappa shape index (κ3) is 7.02. The van der Waals surface area contributed by atoms with Gasteiger partial charge in [0.2, 0.25) is 0 Å². The van der Waals surface area contributed by atoms with Crippen LogP contribution < -0.4 is 10.1 Å². The van der Waals surface area contributed by atoms with Gasteiger partial charge in [0, 0.05) is 13.2 Å². The maximum absolute atomic E-state index is 5.99. The molecule has 108 valence electrons. The van der Waals surface area contributed by atoms with Crippen molar-refractivity contribution >= 4 is 23.2 Å². The maximum atomic E-state index is 5.99. The highest BCUT2D eigenvalue weighted by Gasteiger charge is 2.05. The first-order chi connectivity index (χ1) is 9.11. The van der Waals surface area contributed by atoms with Crippen molar-refractivity contribution in [2.24, 2.45) is 0 Å². The average molecular weight is 306 g/mol. The molecule has 0 unspecified atom stereocenters. The van der Waals surface area contributed by atoms with Crippen molar-refractivity contribution < 1.29 is 9.47 Å². The van der Waals surface area contributed by atoms with E-state index in [0.717, 1.165) is 26.1 Å². The molecule has 0 radical (unpaired) electrons. The molecule has 0 aliphatic heterocycles. The normalized spacial score (nSPS) is 11.0. The second-order valence-electron chi connectivity index (χ2n) is 4.42. The molecule has 19 heavy (non-hydrogen) atoms. The summed E-state index contributed by atoms with van der Waals surface area (Å²) in [5.41, 5.74) is 0. The molecule has 0 amide bonds. The van der Waals surface area contributed by atoms with Gasteiger partial charge in [0.15, 0.2) is 5.75 Å². The van der Waals surface area contributed by atoms with Crippen LogP contribution in [0.25, 0.3) is 0 Å². The maximum Gasteiger partial charge on any atom is 0.156 e. The van der Waals surface area contributed by atoms with Crippen LogP contribution in [-0.2, 0) is 4.74 Å². The van der Waals surface area contributed by atoms with E-state index < -0.39 is 0 Å². The van der Waals surface area contributed by atoms with E-state index in [1.54, 1.807) is 18.2 Å². The molecule has 0 saturated carbocycles. The van der Waals surface area contributed by atoms with E-state index in [2.05, 4.69) is 5.32 Å². The summed E-state index contributed by atoms with van der Waals surface area (Å²) in [7, 11) is 0. The van der Waals surface area contributed by atoms with E-state index in [9.17, 15) is 0 Å². The highest BCUT2D eigenvalue weighted by molar-refractivity contribution is 6.37. The predicted octanol–water partition coefficient (Wildman–Crippen LogP) is 3.78. The van der Waals surface area contributed by atoms with Crippen LogP contribution in [0.3, 0.4) is 0 Å². The zero-order valence-electron chi connectivity index (χ0n) is 11.4. The minimum absolute atomic E-state index is 0.297. The van der Waals surface area contributed by atoms with Gasteiger partial charge in [0.1, 0.15) is 6.61 Å². The summed E-state index contributed by atoms with van der Waals surface area (Å²) in [5.74, 6) is 0.552. The number of ether oxygens (including phenoxy) is 2. The average Bonchev–Trinajstić information content (AvgIpc) is 2.35. The van der Waals surface area contributed by atoms with Crippen LogP contribution in [0.2, 0.25) is 10.0 Å². The second kappa shape index (κ2) is 9.43. The molecule has 0 saturated heterocycles. The number of halogens is 2. The molecule has 1 aromatic carbocycles. The van der Waals surface area contributed by atoms with Crippen molar-refractivity contribution in [2.45, 2.75) is 26.4 Å². The van der Waals surface area contributed by atoms with Crippen molar-refractivity contribution in [3.8, 4) is 5.75 Å². The number of hydrogen-bond acceptors (Lipinski definition) is 3. The Kier molecular flexibility index (Phi) is 8.22. The van der Waals surface area contributed by atoms with Crippen molar-refractivity contribution in [1.82, 2.24) is 5.32 Å². The molecule has 0 spiro atoms. The highest BCUT2D eigenvalue weighted by atomic mass is 35.5. The summed E-state index contributed by atoms with van der Waals surface area (Å²) in [6.45, 7) is 7.05. The number of nitrogens with one attached hydrogen (secondary N) is 1. The van der Waals surface area contributed by atoms with Gasteiger partial charge in [0.25, 0.3) is 0 Å². The molecule has 1 aromatic rings. The minimum Gasteiger partial charge on any atom is -0.489 e. The van der Waals surface area contributed by atoms with Gasteiger partial charge >= 0.3 is 0 Å². The van der Waals surface area contributed by atoms with Crippen LogP contribution in [0.1, 0.15) is 20.3 Å². The Morgan fingerprint density at radius 2 is 1.79 bits per heavy atom. The van der Waals surface area contributed by atoms with Gasteiger partial charge in [-0.05, 0) is 38.9 Å². The fourth-order valence-electron chi connectivity index (χ4n) is 1.49. The lowest BCUT2D eigenvalue weighted by Gasteiger charge is -2.11. The molecular weight excluding hydrogens is 285 g/mol. The quantitative estimate of drug-likeness (QED) is 0.704. The van der Waals surface area contributed by atoms with Gasteiger partial charge in [-0.15, -0.1) is 0 Å². The van der Waals surface area contributed by atoms with Crippen LogP contribution in [0.15, 0.2) is 18.2 Å². The predicted molar refractivity (Wildman–Crippen MR) is 80.5 cm³/mol. The van der Waals surface area contributed by atoms with Crippen LogP contribution >= 0.6 is 23.2 Å². The molecule has 0 aliphatic rings. The van der Waals surface area contributed by atoms with Gasteiger partial charge in [-0.2, -0.15) is 0 Å². The Morgan fingerprint density at radius 3 is 2.42 bits per heavy atom. The Morgan fingerprint density at radius 1 is 1.11 bits per heavy atom. The van der Waals surface area contributed by atoms with Crippen molar-refractivity contribution in [3.63, 3.8) is 0 Å². The number of para-hydroxylation sites is 1. The summed E-state index contributed by atoms with van der Waals surface area (Å²) in [4.78, 5) is 0. The van der Waals surface area contributed by atoms with E-state index in [-0.39, 0.29) is 0 Å². The summed E-state index contributed by atoms with van der Waals surface area (Å²) >= 11 is 12.0. The molecule has 0 fully saturated rings. The van der Waals surface area contributed by atoms with Crippen molar-refractivity contribution in [2.75, 3.05) is 26.3 Å². The molecule has 0 atom stereocenters. The van der Waals surface area contributed by atoms with E-state index >= 15 is 0 Å². The lowest BCUT2D eigenvalue weighted by Crippen LogP contribution is -2.23. The van der Waals surface area contributed by atoms with Crippen LogP contribution in [0, 0.1) is 0 Å². The fourth-order valence-corrected chi connectivity index (χ4v) is 1.99. The molecule has 3 nitrogen and oxygen atoms in total. The summed E-state index contributed by atoms with van der Waals surface area (Å²) in [6, 6.07) is 5.32. The van der Waals surface area contributed by atoms with E-state index in [4.69, 9.17) is 32.7 Å². The first-order valence-electron chi connectivity index (χ1n) is 6.50. The molecule has 0 aromatic heterocycles. The van der Waals surface area contributed by atoms with Gasteiger partial charge in [0.05, 0.1) is 16.1 Å². The zero-order valence-corrected chi connectivity index (χ0v) is 12.9. The van der Waals surface area contributed by atoms with E-state index in [1.807, 2.05) is 13.8 Å². The molecule has 1 N–H and O–H groups in total. The van der Waals surface area contributed by atoms with E-state index in [0.29, 0.717) is 28.5 Å². The van der Waals surface area contributed by atoms with Gasteiger partial charge in [-0.25, -0.2) is 0 Å². The monoisotopic (exact) mass is 305 g/mol. The number of benzene rings is 1. The van der Waals surface area contributed by atoms with Gasteiger partial charge < -0.3 is 14.8 Å². The van der Waals surface area contributed by atoms with Crippen LogP contribution in [0.5, 0.6) is 5.75 Å². The third-order valence-electron chi connectivity index (χ3n) is 2.39. The molecule has 0 bridgehead atoms. The van der Waals surface area contributed by atoms with Crippen LogP contribution in [-0.4, -0.2) is 32.4 Å². The smallest absolute Gasteiger partial charge is 0.156 e. The van der Waals surface area contributed by atoms with Gasteiger partial charge in [-0.1, -0.05) is 29.3 Å². The summed E-state index contributed by atoms with van der Waals surface area (Å²) in [6.07, 6.45) is 1.29.